The molecule has 1 aliphatic carbocycles. The number of rotatable bonds is 1. The number of hydrogen-bond donors (Lipinski definition) is 0. The van der Waals surface area contributed by atoms with Crippen LogP contribution in [-0.2, 0) is 4.79 Å². The molecule has 0 bridgehead atoms. The summed E-state index contributed by atoms with van der Waals surface area (Å²) in [4.78, 5) is 11.8. The van der Waals surface area contributed by atoms with Gasteiger partial charge in [0.15, 0.2) is 0 Å². The molecule has 1 rings (SSSR count). The lowest BCUT2D eigenvalue weighted by Gasteiger charge is -2.24. The topological polar surface area (TPSA) is 17.1 Å². The van der Waals surface area contributed by atoms with Gasteiger partial charge in [-0.15, -0.1) is 0 Å². The van der Waals surface area contributed by atoms with Crippen molar-refractivity contribution in [3.63, 3.8) is 0 Å². The molecule has 0 N–H and O–H groups in total. The minimum atomic E-state index is -0.174. The van der Waals surface area contributed by atoms with Crippen LogP contribution in [0.2, 0.25) is 0 Å². The summed E-state index contributed by atoms with van der Waals surface area (Å²) in [6, 6.07) is 0. The fraction of sp³-hybridized carbons (Fsp3) is 0.727. The molecule has 0 fully saturated rings. The van der Waals surface area contributed by atoms with E-state index < -0.39 is 0 Å². The van der Waals surface area contributed by atoms with E-state index in [0.29, 0.717) is 5.78 Å². The largest absolute Gasteiger partial charge is 0.298 e. The zero-order chi connectivity index (χ0) is 9.19. The summed E-state index contributed by atoms with van der Waals surface area (Å²) in [6.07, 6.45) is 7.58. The molecule has 68 valence electrons. The van der Waals surface area contributed by atoms with Crippen LogP contribution in [0.25, 0.3) is 0 Å². The molecule has 1 nitrogen and oxygen atoms in total. The smallest absolute Gasteiger partial charge is 0.145 e. The molecule has 0 saturated carbocycles. The third-order valence-electron chi connectivity index (χ3n) is 2.33. The summed E-state index contributed by atoms with van der Waals surface area (Å²) in [5.74, 6) is 0.581. The van der Waals surface area contributed by atoms with Crippen LogP contribution in [-0.4, -0.2) is 5.78 Å². The van der Waals surface area contributed by atoms with Gasteiger partial charge in [-0.05, 0) is 19.3 Å². The second-order valence-corrected chi connectivity index (χ2v) is 4.58. The Morgan fingerprint density at radius 1 is 1.42 bits per heavy atom. The highest BCUT2D eigenvalue weighted by molar-refractivity contribution is 5.87. The van der Waals surface area contributed by atoms with Crippen molar-refractivity contribution < 1.29 is 4.79 Å². The SMILES string of the molecule is CC(C)(C)C(=O)C1C=CCCC1. The average molecular weight is 166 g/mol. The maximum atomic E-state index is 11.8. The molecular weight excluding hydrogens is 148 g/mol. The predicted octanol–water partition coefficient (Wildman–Crippen LogP) is 2.96. The van der Waals surface area contributed by atoms with E-state index in [2.05, 4.69) is 12.2 Å². The first-order valence-electron chi connectivity index (χ1n) is 4.73. The molecule has 1 aliphatic rings. The first-order valence-corrected chi connectivity index (χ1v) is 4.73. The zero-order valence-corrected chi connectivity index (χ0v) is 8.26. The molecule has 0 spiro atoms. The van der Waals surface area contributed by atoms with Crippen molar-refractivity contribution in [3.05, 3.63) is 12.2 Å². The monoisotopic (exact) mass is 166 g/mol. The molecule has 1 atom stereocenters. The molecule has 12 heavy (non-hydrogen) atoms. The standard InChI is InChI=1S/C11H18O/c1-11(2,3)10(12)9-7-5-4-6-8-9/h5,7,9H,4,6,8H2,1-3H3. The predicted molar refractivity (Wildman–Crippen MR) is 50.9 cm³/mol. The Morgan fingerprint density at radius 2 is 2.08 bits per heavy atom. The average Bonchev–Trinajstić information content (AvgIpc) is 2.03. The molecule has 0 heterocycles. The van der Waals surface area contributed by atoms with Gasteiger partial charge >= 0.3 is 0 Å². The molecule has 0 aromatic heterocycles. The Kier molecular flexibility index (Phi) is 2.71. The van der Waals surface area contributed by atoms with Gasteiger partial charge in [0.05, 0.1) is 0 Å². The van der Waals surface area contributed by atoms with E-state index in [9.17, 15) is 4.79 Å². The number of allylic oxidation sites excluding steroid dienone is 2. The first kappa shape index (κ1) is 9.50. The molecule has 0 saturated heterocycles. The van der Waals surface area contributed by atoms with E-state index in [1.807, 2.05) is 20.8 Å². The fourth-order valence-corrected chi connectivity index (χ4v) is 1.59. The van der Waals surface area contributed by atoms with Crippen LogP contribution in [0.1, 0.15) is 40.0 Å². The second kappa shape index (κ2) is 3.42. The van der Waals surface area contributed by atoms with Gasteiger partial charge in [-0.25, -0.2) is 0 Å². The second-order valence-electron chi connectivity index (χ2n) is 4.58. The maximum absolute atomic E-state index is 11.8. The minimum Gasteiger partial charge on any atom is -0.298 e. The summed E-state index contributed by atoms with van der Waals surface area (Å²) in [7, 11) is 0. The van der Waals surface area contributed by atoms with E-state index in [-0.39, 0.29) is 11.3 Å². The van der Waals surface area contributed by atoms with Gasteiger partial charge in [0.1, 0.15) is 5.78 Å². The number of hydrogen-bond acceptors (Lipinski definition) is 1. The lowest BCUT2D eigenvalue weighted by molar-refractivity contribution is -0.129. The Morgan fingerprint density at radius 3 is 2.50 bits per heavy atom. The van der Waals surface area contributed by atoms with Gasteiger partial charge in [-0.1, -0.05) is 32.9 Å². The number of ketones is 1. The van der Waals surface area contributed by atoms with Crippen LogP contribution in [0.5, 0.6) is 0 Å². The third-order valence-corrected chi connectivity index (χ3v) is 2.33. The molecule has 0 radical (unpaired) electrons. The van der Waals surface area contributed by atoms with Crippen LogP contribution in [0.15, 0.2) is 12.2 Å². The van der Waals surface area contributed by atoms with Gasteiger partial charge < -0.3 is 0 Å². The normalized spacial score (nSPS) is 24.1. The van der Waals surface area contributed by atoms with E-state index >= 15 is 0 Å². The molecule has 0 aromatic carbocycles. The van der Waals surface area contributed by atoms with Crippen LogP contribution in [0.3, 0.4) is 0 Å². The number of carbonyl (C=O) groups excluding carboxylic acids is 1. The van der Waals surface area contributed by atoms with Gasteiger partial charge in [-0.3, -0.25) is 4.79 Å². The number of Topliss-reactive ketones (excluding diaryl/α,β-unsaturated/α-hetero) is 1. The minimum absolute atomic E-state index is 0.174. The van der Waals surface area contributed by atoms with Crippen molar-refractivity contribution in [1.82, 2.24) is 0 Å². The third kappa shape index (κ3) is 2.20. The Hall–Kier alpha value is -0.590. The highest BCUT2D eigenvalue weighted by atomic mass is 16.1. The molecule has 1 heteroatoms. The highest BCUT2D eigenvalue weighted by Gasteiger charge is 2.28. The van der Waals surface area contributed by atoms with Crippen molar-refractivity contribution in [2.24, 2.45) is 11.3 Å². The van der Waals surface area contributed by atoms with E-state index in [1.165, 1.54) is 6.42 Å². The molecule has 0 amide bonds. The Bertz CT molecular complexity index is 196. The van der Waals surface area contributed by atoms with E-state index in [0.717, 1.165) is 12.8 Å². The summed E-state index contributed by atoms with van der Waals surface area (Å²) in [6.45, 7) is 5.99. The summed E-state index contributed by atoms with van der Waals surface area (Å²) >= 11 is 0. The molecule has 0 aromatic rings. The van der Waals surface area contributed by atoms with Crippen molar-refractivity contribution in [2.45, 2.75) is 40.0 Å². The Balaban J connectivity index is 2.64. The highest BCUT2D eigenvalue weighted by Crippen LogP contribution is 2.26. The van der Waals surface area contributed by atoms with Gasteiger partial charge in [-0.2, -0.15) is 0 Å². The van der Waals surface area contributed by atoms with Gasteiger partial charge in [0, 0.05) is 11.3 Å². The van der Waals surface area contributed by atoms with Gasteiger partial charge in [0.2, 0.25) is 0 Å². The first-order chi connectivity index (χ1) is 5.52. The van der Waals surface area contributed by atoms with Crippen molar-refractivity contribution in [2.75, 3.05) is 0 Å². The lowest BCUT2D eigenvalue weighted by Crippen LogP contribution is -2.28. The summed E-state index contributed by atoms with van der Waals surface area (Å²) in [5, 5.41) is 0. The molecular formula is C11H18O. The summed E-state index contributed by atoms with van der Waals surface area (Å²) < 4.78 is 0. The van der Waals surface area contributed by atoms with Crippen LogP contribution < -0.4 is 0 Å². The zero-order valence-electron chi connectivity index (χ0n) is 8.26. The van der Waals surface area contributed by atoms with Crippen molar-refractivity contribution in [1.29, 1.82) is 0 Å². The van der Waals surface area contributed by atoms with Crippen LogP contribution in [0, 0.1) is 11.3 Å². The number of carbonyl (C=O) groups is 1. The van der Waals surface area contributed by atoms with Gasteiger partial charge in [0.25, 0.3) is 0 Å². The van der Waals surface area contributed by atoms with Crippen LogP contribution in [0.4, 0.5) is 0 Å². The van der Waals surface area contributed by atoms with E-state index in [1.54, 1.807) is 0 Å². The van der Waals surface area contributed by atoms with Crippen LogP contribution >= 0.6 is 0 Å². The van der Waals surface area contributed by atoms with Crippen molar-refractivity contribution in [3.8, 4) is 0 Å². The summed E-state index contributed by atoms with van der Waals surface area (Å²) in [5.41, 5.74) is -0.174. The lowest BCUT2D eigenvalue weighted by atomic mass is 9.79. The maximum Gasteiger partial charge on any atom is 0.145 e. The Labute approximate surface area is 74.9 Å². The molecule has 1 unspecified atom stereocenters. The quantitative estimate of drug-likeness (QED) is 0.547. The fourth-order valence-electron chi connectivity index (χ4n) is 1.59. The van der Waals surface area contributed by atoms with Crippen molar-refractivity contribution >= 4 is 5.78 Å². The molecule has 0 aliphatic heterocycles. The van der Waals surface area contributed by atoms with E-state index in [4.69, 9.17) is 0 Å².